The molecule has 30 heavy (non-hydrogen) atoms. The van der Waals surface area contributed by atoms with E-state index in [1.54, 1.807) is 0 Å². The molecule has 3 amide bonds. The Morgan fingerprint density at radius 2 is 1.93 bits per heavy atom. The lowest BCUT2D eigenvalue weighted by atomic mass is 10.3. The molecule has 168 valence electrons. The number of nitrogens with one attached hydrogen (secondary N) is 2. The van der Waals surface area contributed by atoms with Crippen LogP contribution in [0.1, 0.15) is 0 Å². The molecule has 1 aromatic heterocycles. The highest BCUT2D eigenvalue weighted by molar-refractivity contribution is 7.22. The SMILES string of the molecule is CN(CC(=O)Nc1nc2ccc(OC(F)(F)F)cc2s1)C(=O)CNC(=O)CN.Cl.O. The van der Waals surface area contributed by atoms with E-state index in [-0.39, 0.29) is 42.6 Å². The molecule has 0 unspecified atom stereocenters. The van der Waals surface area contributed by atoms with Crippen molar-refractivity contribution in [3.05, 3.63) is 18.2 Å². The van der Waals surface area contributed by atoms with E-state index in [9.17, 15) is 27.6 Å². The van der Waals surface area contributed by atoms with Crippen LogP contribution in [0.2, 0.25) is 0 Å². The average Bonchev–Trinajstić information content (AvgIpc) is 2.98. The molecule has 0 radical (unpaired) electrons. The van der Waals surface area contributed by atoms with Gasteiger partial charge in [-0.15, -0.1) is 25.6 Å². The molecule has 6 N–H and O–H groups in total. The molecule has 1 aromatic carbocycles. The molecule has 0 atom stereocenters. The summed E-state index contributed by atoms with van der Waals surface area (Å²) in [5.74, 6) is -1.97. The Balaban J connectivity index is 0.00000420. The van der Waals surface area contributed by atoms with Gasteiger partial charge in [-0.1, -0.05) is 11.3 Å². The number of carbonyl (C=O) groups excluding carboxylic acids is 3. The topological polar surface area (TPSA) is 158 Å². The number of hydrogen-bond acceptors (Lipinski definition) is 7. The molecule has 0 saturated carbocycles. The molecule has 2 rings (SSSR count). The number of benzene rings is 1. The number of amides is 3. The van der Waals surface area contributed by atoms with Crippen LogP contribution in [-0.2, 0) is 14.4 Å². The summed E-state index contributed by atoms with van der Waals surface area (Å²) in [6.07, 6.45) is -4.81. The molecule has 10 nitrogen and oxygen atoms in total. The highest BCUT2D eigenvalue weighted by Crippen LogP contribution is 2.31. The van der Waals surface area contributed by atoms with Crippen molar-refractivity contribution in [2.45, 2.75) is 6.36 Å². The highest BCUT2D eigenvalue weighted by atomic mass is 35.5. The van der Waals surface area contributed by atoms with Crippen molar-refractivity contribution >= 4 is 56.8 Å². The summed E-state index contributed by atoms with van der Waals surface area (Å²) >= 11 is 0.954. The Hall–Kier alpha value is -2.68. The zero-order valence-corrected chi connectivity index (χ0v) is 17.0. The van der Waals surface area contributed by atoms with Crippen LogP contribution >= 0.6 is 23.7 Å². The van der Waals surface area contributed by atoms with Crippen LogP contribution < -0.4 is 21.1 Å². The highest BCUT2D eigenvalue weighted by Gasteiger charge is 2.31. The lowest BCUT2D eigenvalue weighted by molar-refractivity contribution is -0.274. The maximum Gasteiger partial charge on any atom is 0.573 e. The first kappa shape index (κ1) is 27.3. The molecular formula is C15H19ClF3N5O5S. The third-order valence-corrected chi connectivity index (χ3v) is 4.20. The third-order valence-electron chi connectivity index (χ3n) is 3.27. The number of nitrogens with two attached hydrogens (primary N) is 1. The Labute approximate surface area is 178 Å². The van der Waals surface area contributed by atoms with Gasteiger partial charge in [0.15, 0.2) is 5.13 Å². The van der Waals surface area contributed by atoms with Gasteiger partial charge in [0.1, 0.15) is 5.75 Å². The van der Waals surface area contributed by atoms with Gasteiger partial charge in [0.05, 0.1) is 29.9 Å². The summed E-state index contributed by atoms with van der Waals surface area (Å²) in [6, 6.07) is 3.60. The minimum absolute atomic E-state index is 0. The van der Waals surface area contributed by atoms with Crippen LogP contribution in [0, 0.1) is 0 Å². The van der Waals surface area contributed by atoms with E-state index in [0.717, 1.165) is 28.4 Å². The Bertz CT molecular complexity index is 895. The van der Waals surface area contributed by atoms with Gasteiger partial charge in [-0.2, -0.15) is 0 Å². The number of thiazole rings is 1. The smallest absolute Gasteiger partial charge is 0.412 e. The van der Waals surface area contributed by atoms with Crippen LogP contribution in [0.4, 0.5) is 18.3 Å². The molecule has 0 bridgehead atoms. The first-order chi connectivity index (χ1) is 13.1. The summed E-state index contributed by atoms with van der Waals surface area (Å²) in [4.78, 5) is 40.1. The third kappa shape index (κ3) is 8.36. The molecular weight excluding hydrogens is 455 g/mol. The first-order valence-corrected chi connectivity index (χ1v) is 8.56. The van der Waals surface area contributed by atoms with E-state index in [4.69, 9.17) is 5.73 Å². The number of likely N-dealkylation sites (N-methyl/N-ethyl adjacent to an activating group) is 1. The van der Waals surface area contributed by atoms with E-state index < -0.39 is 29.8 Å². The van der Waals surface area contributed by atoms with E-state index >= 15 is 0 Å². The largest absolute Gasteiger partial charge is 0.573 e. The molecule has 0 aliphatic heterocycles. The van der Waals surface area contributed by atoms with Crippen molar-refractivity contribution in [1.29, 1.82) is 0 Å². The summed E-state index contributed by atoms with van der Waals surface area (Å²) in [7, 11) is 1.37. The van der Waals surface area contributed by atoms with Gasteiger partial charge in [-0.25, -0.2) is 4.98 Å². The number of halogens is 4. The van der Waals surface area contributed by atoms with Crippen LogP contribution in [0.5, 0.6) is 5.75 Å². The fraction of sp³-hybridized carbons (Fsp3) is 0.333. The van der Waals surface area contributed by atoms with Crippen molar-refractivity contribution in [3.8, 4) is 5.75 Å². The van der Waals surface area contributed by atoms with E-state index in [1.807, 2.05) is 0 Å². The van der Waals surface area contributed by atoms with Gasteiger partial charge in [0, 0.05) is 13.1 Å². The minimum Gasteiger partial charge on any atom is -0.412 e. The quantitative estimate of drug-likeness (QED) is 0.523. The molecule has 0 fully saturated rings. The maximum atomic E-state index is 12.3. The zero-order valence-electron chi connectivity index (χ0n) is 15.4. The maximum absolute atomic E-state index is 12.3. The van der Waals surface area contributed by atoms with Crippen LogP contribution in [0.3, 0.4) is 0 Å². The Morgan fingerprint density at radius 3 is 2.53 bits per heavy atom. The minimum atomic E-state index is -4.81. The van der Waals surface area contributed by atoms with Crippen molar-refractivity contribution in [3.63, 3.8) is 0 Å². The number of alkyl halides is 3. The number of carbonyl (C=O) groups is 3. The zero-order chi connectivity index (χ0) is 20.9. The van der Waals surface area contributed by atoms with Gasteiger partial charge < -0.3 is 31.5 Å². The van der Waals surface area contributed by atoms with Crippen molar-refractivity contribution in [2.75, 3.05) is 32.0 Å². The normalized spacial score (nSPS) is 10.4. The van der Waals surface area contributed by atoms with Gasteiger partial charge in [0.25, 0.3) is 0 Å². The number of ether oxygens (including phenoxy) is 1. The molecule has 0 spiro atoms. The number of fused-ring (bicyclic) bond motifs is 1. The van der Waals surface area contributed by atoms with Crippen LogP contribution in [0.25, 0.3) is 10.2 Å². The monoisotopic (exact) mass is 473 g/mol. The van der Waals surface area contributed by atoms with Crippen LogP contribution in [-0.4, -0.2) is 66.1 Å². The first-order valence-electron chi connectivity index (χ1n) is 7.74. The molecule has 0 saturated heterocycles. The molecule has 0 aliphatic carbocycles. The Morgan fingerprint density at radius 1 is 1.27 bits per heavy atom. The second-order valence-electron chi connectivity index (χ2n) is 5.48. The summed E-state index contributed by atoms with van der Waals surface area (Å²) in [5.41, 5.74) is 5.48. The van der Waals surface area contributed by atoms with Crippen LogP contribution in [0.15, 0.2) is 18.2 Å². The van der Waals surface area contributed by atoms with Gasteiger partial charge in [-0.05, 0) is 12.1 Å². The second-order valence-corrected chi connectivity index (χ2v) is 6.51. The number of rotatable bonds is 7. The second kappa shape index (κ2) is 11.5. The molecule has 15 heteroatoms. The van der Waals surface area contributed by atoms with Gasteiger partial charge in [0.2, 0.25) is 17.7 Å². The molecule has 1 heterocycles. The number of anilines is 1. The van der Waals surface area contributed by atoms with E-state index in [2.05, 4.69) is 20.4 Å². The number of hydrogen-bond donors (Lipinski definition) is 3. The average molecular weight is 474 g/mol. The molecule has 0 aliphatic rings. The van der Waals surface area contributed by atoms with E-state index in [1.165, 1.54) is 13.1 Å². The van der Waals surface area contributed by atoms with E-state index in [0.29, 0.717) is 10.2 Å². The Kier molecular flexibility index (Phi) is 10.5. The fourth-order valence-corrected chi connectivity index (χ4v) is 2.91. The van der Waals surface area contributed by atoms with Crippen molar-refractivity contribution in [2.24, 2.45) is 5.73 Å². The van der Waals surface area contributed by atoms with Crippen molar-refractivity contribution < 1.29 is 37.8 Å². The standard InChI is InChI=1S/C15H16F3N5O4S.ClH.H2O/c1-23(13(26)6-20-11(24)5-19)7-12(25)22-14-21-9-3-2-8(4-10(9)28-14)27-15(16,17)18;;/h2-4H,5-7,19H2,1H3,(H,20,24)(H,21,22,25);1H;1H2. The summed E-state index contributed by atoms with van der Waals surface area (Å²) in [6.45, 7) is -0.872. The lowest BCUT2D eigenvalue weighted by Gasteiger charge is -2.16. The van der Waals surface area contributed by atoms with Crippen molar-refractivity contribution in [1.82, 2.24) is 15.2 Å². The number of aromatic nitrogens is 1. The summed E-state index contributed by atoms with van der Waals surface area (Å²) < 4.78 is 41.0. The predicted molar refractivity (Wildman–Crippen MR) is 105 cm³/mol. The fourth-order valence-electron chi connectivity index (χ4n) is 2.00. The van der Waals surface area contributed by atoms with Gasteiger partial charge in [-0.3, -0.25) is 14.4 Å². The lowest BCUT2D eigenvalue weighted by Crippen LogP contribution is -2.42. The molecule has 2 aromatic rings. The predicted octanol–water partition coefficient (Wildman–Crippen LogP) is 0.264. The number of nitrogens with zero attached hydrogens (tertiary/aromatic N) is 2. The summed E-state index contributed by atoms with van der Waals surface area (Å²) in [5, 5.41) is 4.91. The van der Waals surface area contributed by atoms with Gasteiger partial charge >= 0.3 is 6.36 Å².